The Kier molecular flexibility index (Phi) is 2.96. The minimum Gasteiger partial charge on any atom is -0.325 e. The van der Waals surface area contributed by atoms with E-state index in [0.717, 1.165) is 16.8 Å². The summed E-state index contributed by atoms with van der Waals surface area (Å²) in [6.07, 6.45) is 0. The molecule has 0 radical (unpaired) electrons. The van der Waals surface area contributed by atoms with Crippen LogP contribution in [0, 0.1) is 12.8 Å². The van der Waals surface area contributed by atoms with Gasteiger partial charge in [0.2, 0.25) is 5.91 Å². The monoisotopic (exact) mass is 232 g/mol. The molecule has 3 heteroatoms. The van der Waals surface area contributed by atoms with Crippen LogP contribution in [0.15, 0.2) is 12.1 Å². The molecule has 1 aliphatic rings. The van der Waals surface area contributed by atoms with Crippen molar-refractivity contribution in [2.45, 2.75) is 39.7 Å². The summed E-state index contributed by atoms with van der Waals surface area (Å²) in [6.45, 7) is 8.18. The van der Waals surface area contributed by atoms with E-state index in [9.17, 15) is 4.79 Å². The first kappa shape index (κ1) is 12.1. The van der Waals surface area contributed by atoms with Gasteiger partial charge in [-0.3, -0.25) is 4.79 Å². The van der Waals surface area contributed by atoms with Gasteiger partial charge in [-0.15, -0.1) is 0 Å². The van der Waals surface area contributed by atoms with Crippen molar-refractivity contribution in [3.05, 3.63) is 28.8 Å². The third-order valence-corrected chi connectivity index (χ3v) is 3.53. The van der Waals surface area contributed by atoms with E-state index >= 15 is 0 Å². The Morgan fingerprint density at radius 3 is 2.59 bits per heavy atom. The minimum atomic E-state index is -0.0667. The molecular weight excluding hydrogens is 212 g/mol. The van der Waals surface area contributed by atoms with Gasteiger partial charge in [0.15, 0.2) is 0 Å². The zero-order valence-electron chi connectivity index (χ0n) is 10.9. The van der Waals surface area contributed by atoms with Crippen LogP contribution >= 0.6 is 0 Å². The van der Waals surface area contributed by atoms with Crippen LogP contribution in [0.2, 0.25) is 0 Å². The van der Waals surface area contributed by atoms with Crippen LogP contribution < -0.4 is 11.1 Å². The number of amides is 1. The van der Waals surface area contributed by atoms with Gasteiger partial charge in [0.1, 0.15) is 0 Å². The van der Waals surface area contributed by atoms with Crippen molar-refractivity contribution in [3.8, 4) is 0 Å². The molecule has 92 valence electrons. The summed E-state index contributed by atoms with van der Waals surface area (Å²) in [5.74, 6) is 0.361. The van der Waals surface area contributed by atoms with Crippen molar-refractivity contribution in [2.24, 2.45) is 11.7 Å². The molecule has 0 saturated carbocycles. The van der Waals surface area contributed by atoms with Crippen molar-refractivity contribution in [3.63, 3.8) is 0 Å². The molecule has 2 atom stereocenters. The average Bonchev–Trinajstić information content (AvgIpc) is 2.54. The highest BCUT2D eigenvalue weighted by atomic mass is 16.2. The fourth-order valence-corrected chi connectivity index (χ4v) is 2.32. The van der Waals surface area contributed by atoms with Crippen LogP contribution in [0.25, 0.3) is 0 Å². The second-order valence-corrected chi connectivity index (χ2v) is 5.30. The summed E-state index contributed by atoms with van der Waals surface area (Å²) in [4.78, 5) is 11.7. The summed E-state index contributed by atoms with van der Waals surface area (Å²) in [5.41, 5.74) is 10.5. The Labute approximate surface area is 102 Å². The lowest BCUT2D eigenvalue weighted by molar-refractivity contribution is -0.116. The number of anilines is 1. The molecule has 1 aliphatic heterocycles. The first-order valence-corrected chi connectivity index (χ1v) is 6.12. The van der Waals surface area contributed by atoms with Gasteiger partial charge in [-0.1, -0.05) is 31.5 Å². The van der Waals surface area contributed by atoms with Gasteiger partial charge in [0, 0.05) is 11.7 Å². The van der Waals surface area contributed by atoms with Crippen LogP contribution in [0.1, 0.15) is 49.4 Å². The van der Waals surface area contributed by atoms with E-state index in [4.69, 9.17) is 5.73 Å². The zero-order chi connectivity index (χ0) is 12.7. The molecule has 17 heavy (non-hydrogen) atoms. The van der Waals surface area contributed by atoms with Crippen molar-refractivity contribution in [1.82, 2.24) is 0 Å². The molecular formula is C14H20N2O. The van der Waals surface area contributed by atoms with Crippen LogP contribution in [0.5, 0.6) is 0 Å². The molecule has 0 aliphatic carbocycles. The Bertz CT molecular complexity index is 466. The second kappa shape index (κ2) is 4.15. The van der Waals surface area contributed by atoms with Crippen molar-refractivity contribution >= 4 is 11.6 Å². The lowest BCUT2D eigenvalue weighted by atomic mass is 9.90. The maximum atomic E-state index is 11.7. The zero-order valence-corrected chi connectivity index (χ0v) is 10.9. The maximum absolute atomic E-state index is 11.7. The Hall–Kier alpha value is -1.35. The number of nitrogens with two attached hydrogens (primary N) is 1. The number of nitrogens with one attached hydrogen (secondary N) is 1. The lowest BCUT2D eigenvalue weighted by Gasteiger charge is -2.20. The summed E-state index contributed by atoms with van der Waals surface area (Å²) in [7, 11) is 0. The number of aryl methyl sites for hydroxylation is 1. The van der Waals surface area contributed by atoms with Gasteiger partial charge >= 0.3 is 0 Å². The highest BCUT2D eigenvalue weighted by Gasteiger charge is 2.30. The Morgan fingerprint density at radius 2 is 2.00 bits per heavy atom. The van der Waals surface area contributed by atoms with Crippen LogP contribution in [-0.2, 0) is 4.79 Å². The van der Waals surface area contributed by atoms with Gasteiger partial charge in [-0.05, 0) is 30.9 Å². The minimum absolute atomic E-state index is 0.0331. The molecule has 1 aromatic carbocycles. The van der Waals surface area contributed by atoms with Crippen molar-refractivity contribution in [2.75, 3.05) is 5.32 Å². The molecule has 0 fully saturated rings. The van der Waals surface area contributed by atoms with Gasteiger partial charge < -0.3 is 11.1 Å². The first-order valence-electron chi connectivity index (χ1n) is 6.12. The van der Waals surface area contributed by atoms with Crippen molar-refractivity contribution < 1.29 is 4.79 Å². The quantitative estimate of drug-likeness (QED) is 0.823. The molecule has 1 amide bonds. The van der Waals surface area contributed by atoms with Gasteiger partial charge in [0.05, 0.1) is 5.92 Å². The average molecular weight is 232 g/mol. The first-order chi connectivity index (χ1) is 7.91. The number of hydrogen-bond donors (Lipinski definition) is 2. The number of benzene rings is 1. The summed E-state index contributed by atoms with van der Waals surface area (Å²) in [6, 6.07) is 4.13. The molecule has 2 rings (SSSR count). The van der Waals surface area contributed by atoms with Crippen LogP contribution in [-0.4, -0.2) is 5.91 Å². The topological polar surface area (TPSA) is 55.1 Å². The van der Waals surface area contributed by atoms with Gasteiger partial charge in [-0.2, -0.15) is 0 Å². The maximum Gasteiger partial charge on any atom is 0.231 e. The SMILES string of the molecule is Cc1cc2c(c(C(N)C(C)C)c1)NC(=O)C2C. The predicted molar refractivity (Wildman–Crippen MR) is 70.0 cm³/mol. The largest absolute Gasteiger partial charge is 0.325 e. The highest BCUT2D eigenvalue weighted by molar-refractivity contribution is 6.03. The number of carbonyl (C=O) groups is 1. The molecule has 3 N–H and O–H groups in total. The third-order valence-electron chi connectivity index (χ3n) is 3.53. The van der Waals surface area contributed by atoms with E-state index in [1.807, 2.05) is 13.8 Å². The fourth-order valence-electron chi connectivity index (χ4n) is 2.32. The smallest absolute Gasteiger partial charge is 0.231 e. The second-order valence-electron chi connectivity index (χ2n) is 5.30. The highest BCUT2D eigenvalue weighted by Crippen LogP contribution is 2.39. The Balaban J connectivity index is 2.56. The van der Waals surface area contributed by atoms with Crippen LogP contribution in [0.4, 0.5) is 5.69 Å². The summed E-state index contributed by atoms with van der Waals surface area (Å²) >= 11 is 0. The number of rotatable bonds is 2. The number of carbonyl (C=O) groups excluding carboxylic acids is 1. The summed E-state index contributed by atoms with van der Waals surface area (Å²) < 4.78 is 0. The molecule has 3 nitrogen and oxygen atoms in total. The van der Waals surface area contributed by atoms with Gasteiger partial charge in [-0.25, -0.2) is 0 Å². The number of fused-ring (bicyclic) bond motifs is 1. The standard InChI is InChI=1S/C14H20N2O/c1-7(2)12(15)11-6-8(3)5-10-9(4)14(17)16-13(10)11/h5-7,9,12H,15H2,1-4H3,(H,16,17). The summed E-state index contributed by atoms with van der Waals surface area (Å²) in [5, 5.41) is 2.96. The molecule has 0 spiro atoms. The van der Waals surface area contributed by atoms with E-state index in [1.165, 1.54) is 5.56 Å². The number of hydrogen-bond acceptors (Lipinski definition) is 2. The van der Waals surface area contributed by atoms with Crippen molar-refractivity contribution in [1.29, 1.82) is 0 Å². The van der Waals surface area contributed by atoms with E-state index in [0.29, 0.717) is 5.92 Å². The molecule has 2 unspecified atom stereocenters. The van der Waals surface area contributed by atoms with E-state index in [1.54, 1.807) is 0 Å². The van der Waals surface area contributed by atoms with Gasteiger partial charge in [0.25, 0.3) is 0 Å². The molecule has 0 saturated heterocycles. The Morgan fingerprint density at radius 1 is 1.35 bits per heavy atom. The third kappa shape index (κ3) is 1.95. The lowest BCUT2D eigenvalue weighted by Crippen LogP contribution is -2.18. The molecule has 1 heterocycles. The fraction of sp³-hybridized carbons (Fsp3) is 0.500. The van der Waals surface area contributed by atoms with E-state index < -0.39 is 0 Å². The molecule has 0 aromatic heterocycles. The van der Waals surface area contributed by atoms with E-state index in [2.05, 4.69) is 31.3 Å². The predicted octanol–water partition coefficient (Wildman–Crippen LogP) is 2.71. The van der Waals surface area contributed by atoms with E-state index in [-0.39, 0.29) is 17.9 Å². The molecule has 0 bridgehead atoms. The normalized spacial score (nSPS) is 20.4. The van der Waals surface area contributed by atoms with Crippen LogP contribution in [0.3, 0.4) is 0 Å². The molecule has 1 aromatic rings.